The molecule has 0 radical (unpaired) electrons. The van der Waals surface area contributed by atoms with Gasteiger partial charge in [-0.15, -0.1) is 0 Å². The monoisotopic (exact) mass is 378 g/mol. The van der Waals surface area contributed by atoms with Crippen LogP contribution in [0.15, 0.2) is 34.1 Å². The lowest BCUT2D eigenvalue weighted by Gasteiger charge is -2.09. The van der Waals surface area contributed by atoms with Crippen LogP contribution < -0.4 is 11.2 Å². The first kappa shape index (κ1) is 18.5. The van der Waals surface area contributed by atoms with E-state index in [1.807, 2.05) is 0 Å². The molecule has 2 heterocycles. The van der Waals surface area contributed by atoms with E-state index in [1.54, 1.807) is 7.05 Å². The van der Waals surface area contributed by atoms with Gasteiger partial charge in [-0.3, -0.25) is 13.9 Å². The molecule has 0 saturated heterocycles. The Kier molecular flexibility index (Phi) is 4.89. The van der Waals surface area contributed by atoms with E-state index < -0.39 is 28.9 Å². The number of aromatic nitrogens is 4. The number of carbonyl (C=O) groups is 1. The van der Waals surface area contributed by atoms with Crippen molar-refractivity contribution in [3.8, 4) is 0 Å². The first-order valence-electron chi connectivity index (χ1n) is 8.04. The highest BCUT2D eigenvalue weighted by Crippen LogP contribution is 2.10. The van der Waals surface area contributed by atoms with Crippen LogP contribution in [0.4, 0.5) is 8.78 Å². The average molecular weight is 378 g/mol. The number of hydrogen-bond donors (Lipinski definition) is 0. The van der Waals surface area contributed by atoms with Gasteiger partial charge in [0.05, 0.1) is 18.5 Å². The Morgan fingerprint density at radius 3 is 2.63 bits per heavy atom. The highest BCUT2D eigenvalue weighted by molar-refractivity contribution is 5.89. The van der Waals surface area contributed by atoms with Gasteiger partial charge < -0.3 is 9.30 Å². The summed E-state index contributed by atoms with van der Waals surface area (Å²) in [5.74, 6) is -3.03. The predicted octanol–water partition coefficient (Wildman–Crippen LogP) is 0.959. The molecule has 27 heavy (non-hydrogen) atoms. The molecule has 0 aliphatic heterocycles. The number of ether oxygens (including phenoxy) is 1. The summed E-state index contributed by atoms with van der Waals surface area (Å²) < 4.78 is 34.8. The molecule has 3 rings (SSSR count). The maximum atomic E-state index is 13.1. The van der Waals surface area contributed by atoms with Crippen molar-refractivity contribution < 1.29 is 18.3 Å². The Morgan fingerprint density at radius 1 is 1.19 bits per heavy atom. The van der Waals surface area contributed by atoms with E-state index >= 15 is 0 Å². The van der Waals surface area contributed by atoms with Crippen molar-refractivity contribution in [1.82, 2.24) is 18.7 Å². The van der Waals surface area contributed by atoms with E-state index in [1.165, 1.54) is 22.5 Å². The van der Waals surface area contributed by atoms with E-state index in [2.05, 4.69) is 4.98 Å². The van der Waals surface area contributed by atoms with Crippen LogP contribution in [0.2, 0.25) is 0 Å². The largest absolute Gasteiger partial charge is 0.462 e. The summed E-state index contributed by atoms with van der Waals surface area (Å²) in [6, 6.07) is 2.68. The van der Waals surface area contributed by atoms with Gasteiger partial charge in [-0.2, -0.15) is 0 Å². The summed E-state index contributed by atoms with van der Waals surface area (Å²) >= 11 is 0. The molecule has 0 atom stereocenters. The normalized spacial score (nSPS) is 11.1. The van der Waals surface area contributed by atoms with Gasteiger partial charge in [-0.25, -0.2) is 23.4 Å². The predicted molar refractivity (Wildman–Crippen MR) is 91.5 cm³/mol. The van der Waals surface area contributed by atoms with Gasteiger partial charge in [0.1, 0.15) is 0 Å². The number of carbonyl (C=O) groups excluding carboxylic acids is 1. The Morgan fingerprint density at radius 2 is 1.93 bits per heavy atom. The number of fused-ring (bicyclic) bond motifs is 1. The lowest BCUT2D eigenvalue weighted by atomic mass is 10.2. The first-order valence-corrected chi connectivity index (χ1v) is 8.04. The van der Waals surface area contributed by atoms with Crippen molar-refractivity contribution in [2.24, 2.45) is 14.1 Å². The Hall–Kier alpha value is -3.30. The van der Waals surface area contributed by atoms with Crippen molar-refractivity contribution in [2.75, 3.05) is 6.61 Å². The third-order valence-corrected chi connectivity index (χ3v) is 4.12. The number of rotatable bonds is 5. The fraction of sp³-hybridized carbons (Fsp3) is 0.294. The van der Waals surface area contributed by atoms with E-state index in [0.29, 0.717) is 0 Å². The molecule has 3 aromatic rings. The van der Waals surface area contributed by atoms with Crippen LogP contribution in [0.1, 0.15) is 16.8 Å². The van der Waals surface area contributed by atoms with Crippen molar-refractivity contribution in [3.63, 3.8) is 0 Å². The maximum Gasteiger partial charge on any atom is 0.338 e. The van der Waals surface area contributed by atoms with Crippen LogP contribution in [0.5, 0.6) is 0 Å². The Balaban J connectivity index is 1.70. The molecule has 0 aliphatic carbocycles. The van der Waals surface area contributed by atoms with Gasteiger partial charge in [-0.1, -0.05) is 0 Å². The minimum absolute atomic E-state index is 0.0255. The minimum Gasteiger partial charge on any atom is -0.462 e. The standard InChI is InChI=1S/C17H16F2N4O4/c1-21-9-20-14-13(21)15(24)23(17(26)22(14)2)6-3-7-27-16(25)10-4-5-11(18)12(19)8-10/h4-5,8-9H,3,6-7H2,1-2H3. The molecule has 142 valence electrons. The zero-order valence-electron chi connectivity index (χ0n) is 14.6. The van der Waals surface area contributed by atoms with Gasteiger partial charge in [0.25, 0.3) is 5.56 Å². The van der Waals surface area contributed by atoms with Crippen LogP contribution in [0.3, 0.4) is 0 Å². The third kappa shape index (κ3) is 3.37. The second-order valence-electron chi connectivity index (χ2n) is 5.94. The zero-order chi connectivity index (χ0) is 19.7. The molecular formula is C17H16F2N4O4. The molecule has 10 heteroatoms. The van der Waals surface area contributed by atoms with Gasteiger partial charge in [0.2, 0.25) is 0 Å². The van der Waals surface area contributed by atoms with E-state index in [9.17, 15) is 23.2 Å². The summed E-state index contributed by atoms with van der Waals surface area (Å²) in [4.78, 5) is 40.7. The van der Waals surface area contributed by atoms with Gasteiger partial charge in [0.15, 0.2) is 22.8 Å². The van der Waals surface area contributed by atoms with E-state index in [4.69, 9.17) is 4.74 Å². The molecule has 0 unspecified atom stereocenters. The van der Waals surface area contributed by atoms with Crippen LogP contribution in [0.25, 0.3) is 11.2 Å². The van der Waals surface area contributed by atoms with Gasteiger partial charge in [-0.05, 0) is 24.6 Å². The molecule has 0 spiro atoms. The van der Waals surface area contributed by atoms with Crippen molar-refractivity contribution in [3.05, 3.63) is 62.6 Å². The number of halogens is 2. The molecular weight excluding hydrogens is 362 g/mol. The van der Waals surface area contributed by atoms with Gasteiger partial charge in [0, 0.05) is 20.6 Å². The highest BCUT2D eigenvalue weighted by atomic mass is 19.2. The molecule has 0 N–H and O–H groups in total. The molecule has 1 aromatic carbocycles. The fourth-order valence-electron chi connectivity index (χ4n) is 2.69. The van der Waals surface area contributed by atoms with Crippen molar-refractivity contribution in [2.45, 2.75) is 13.0 Å². The molecule has 2 aromatic heterocycles. The number of hydrogen-bond acceptors (Lipinski definition) is 5. The first-order chi connectivity index (χ1) is 12.8. The fourth-order valence-corrected chi connectivity index (χ4v) is 2.69. The summed E-state index contributed by atoms with van der Waals surface area (Å²) in [7, 11) is 3.16. The Bertz CT molecular complexity index is 1150. The summed E-state index contributed by atoms with van der Waals surface area (Å²) in [5, 5.41) is 0. The number of esters is 1. The van der Waals surface area contributed by atoms with Crippen molar-refractivity contribution in [1.29, 1.82) is 0 Å². The summed E-state index contributed by atoms with van der Waals surface area (Å²) in [6.07, 6.45) is 1.63. The molecule has 0 bridgehead atoms. The quantitative estimate of drug-likeness (QED) is 0.487. The topological polar surface area (TPSA) is 88.1 Å². The van der Waals surface area contributed by atoms with Gasteiger partial charge >= 0.3 is 11.7 Å². The number of imidazole rings is 1. The number of benzene rings is 1. The highest BCUT2D eigenvalue weighted by Gasteiger charge is 2.15. The lowest BCUT2D eigenvalue weighted by Crippen LogP contribution is -2.39. The Labute approximate surface area is 151 Å². The minimum atomic E-state index is -1.15. The zero-order valence-corrected chi connectivity index (χ0v) is 14.6. The van der Waals surface area contributed by atoms with Crippen LogP contribution in [-0.4, -0.2) is 31.3 Å². The van der Waals surface area contributed by atoms with Crippen LogP contribution >= 0.6 is 0 Å². The molecule has 0 saturated carbocycles. The molecule has 8 nitrogen and oxygen atoms in total. The average Bonchev–Trinajstić information content (AvgIpc) is 3.03. The molecule has 0 aliphatic rings. The molecule has 0 amide bonds. The lowest BCUT2D eigenvalue weighted by molar-refractivity contribution is 0.0494. The number of aryl methyl sites for hydroxylation is 2. The smallest absolute Gasteiger partial charge is 0.338 e. The van der Waals surface area contributed by atoms with E-state index in [0.717, 1.165) is 22.8 Å². The molecule has 0 fully saturated rings. The van der Waals surface area contributed by atoms with Crippen LogP contribution in [0, 0.1) is 11.6 Å². The van der Waals surface area contributed by atoms with Crippen molar-refractivity contribution >= 4 is 17.1 Å². The summed E-state index contributed by atoms with van der Waals surface area (Å²) in [6.45, 7) is -0.0749. The van der Waals surface area contributed by atoms with E-state index in [-0.39, 0.29) is 36.3 Å². The second kappa shape index (κ2) is 7.14. The number of nitrogens with zero attached hydrogens (tertiary/aromatic N) is 4. The van der Waals surface area contributed by atoms with Crippen LogP contribution in [-0.2, 0) is 25.4 Å². The SMILES string of the molecule is Cn1cnc2c1c(=O)n(CCCOC(=O)c1ccc(F)c(F)c1)c(=O)n2C. The maximum absolute atomic E-state index is 13.1. The summed E-state index contributed by atoms with van der Waals surface area (Å²) in [5.41, 5.74) is -0.569. The second-order valence-corrected chi connectivity index (χ2v) is 5.94. The third-order valence-electron chi connectivity index (χ3n) is 4.12.